The van der Waals surface area contributed by atoms with Crippen molar-refractivity contribution >= 4 is 43.8 Å². The summed E-state index contributed by atoms with van der Waals surface area (Å²) in [6.45, 7) is 4.78. The summed E-state index contributed by atoms with van der Waals surface area (Å²) in [6.07, 6.45) is 7.55. The Morgan fingerprint density at radius 3 is 2.77 bits per heavy atom. The first kappa shape index (κ1) is 26.8. The molecule has 39 heavy (non-hydrogen) atoms. The molecule has 1 unspecified atom stereocenters. The molecule has 3 fully saturated rings. The second kappa shape index (κ2) is 9.90. The Morgan fingerprint density at radius 1 is 1.26 bits per heavy atom. The van der Waals surface area contributed by atoms with Crippen LogP contribution in [0.15, 0.2) is 46.8 Å². The van der Waals surface area contributed by atoms with Crippen molar-refractivity contribution in [3.8, 4) is 5.75 Å². The third kappa shape index (κ3) is 4.90. The van der Waals surface area contributed by atoms with Crippen LogP contribution < -0.4 is 14.4 Å². The van der Waals surface area contributed by atoms with Gasteiger partial charge in [-0.25, -0.2) is 22.1 Å². The topological polar surface area (TPSA) is 74.8 Å². The zero-order valence-electron chi connectivity index (χ0n) is 22.0. The van der Waals surface area contributed by atoms with Crippen molar-refractivity contribution in [3.05, 3.63) is 63.9 Å². The molecule has 2 aliphatic heterocycles. The molecule has 11 heteroatoms. The molecular weight excluding hydrogens is 559 g/mol. The maximum Gasteiger partial charge on any atom is 0.269 e. The van der Waals surface area contributed by atoms with E-state index in [2.05, 4.69) is 15.2 Å². The third-order valence-electron chi connectivity index (χ3n) is 8.62. The van der Waals surface area contributed by atoms with E-state index in [-0.39, 0.29) is 22.2 Å². The highest BCUT2D eigenvalue weighted by Gasteiger charge is 2.59. The van der Waals surface area contributed by atoms with E-state index < -0.39 is 20.7 Å². The summed E-state index contributed by atoms with van der Waals surface area (Å²) in [6, 6.07) is 7.84. The van der Waals surface area contributed by atoms with E-state index in [1.807, 2.05) is 13.0 Å². The van der Waals surface area contributed by atoms with E-state index in [9.17, 15) is 8.42 Å². The molecule has 1 aliphatic carbocycles. The van der Waals surface area contributed by atoms with E-state index >= 15 is 4.39 Å². The third-order valence-corrected chi connectivity index (χ3v) is 11.6. The van der Waals surface area contributed by atoms with Crippen LogP contribution in [0.2, 0.25) is 5.02 Å². The highest BCUT2D eigenvalue weighted by Crippen LogP contribution is 2.60. The summed E-state index contributed by atoms with van der Waals surface area (Å²) in [7, 11) is -2.75. The number of aromatic nitrogens is 1. The van der Waals surface area contributed by atoms with E-state index in [1.165, 1.54) is 42.5 Å². The maximum absolute atomic E-state index is 15.6. The predicted molar refractivity (Wildman–Crippen MR) is 153 cm³/mol. The van der Waals surface area contributed by atoms with Crippen LogP contribution in [0, 0.1) is 18.2 Å². The number of thiazole rings is 1. The van der Waals surface area contributed by atoms with Gasteiger partial charge in [-0.05, 0) is 86.4 Å². The van der Waals surface area contributed by atoms with Crippen LogP contribution in [0.4, 0.5) is 15.2 Å². The number of nitrogens with zero attached hydrogens (tertiary/aromatic N) is 3. The van der Waals surface area contributed by atoms with Gasteiger partial charge in [0.1, 0.15) is 16.5 Å². The van der Waals surface area contributed by atoms with Crippen LogP contribution in [0.5, 0.6) is 5.75 Å². The van der Waals surface area contributed by atoms with Crippen LogP contribution in [-0.2, 0) is 16.6 Å². The first-order valence-corrected chi connectivity index (χ1v) is 15.9. The van der Waals surface area contributed by atoms with Gasteiger partial charge in [0.25, 0.3) is 10.0 Å². The van der Waals surface area contributed by atoms with Gasteiger partial charge in [-0.2, -0.15) is 0 Å². The lowest BCUT2D eigenvalue weighted by atomic mass is 9.88. The van der Waals surface area contributed by atoms with Crippen molar-refractivity contribution < 1.29 is 17.5 Å². The number of hydrogen-bond donors (Lipinski definition) is 1. The zero-order valence-corrected chi connectivity index (χ0v) is 24.4. The molecule has 0 bridgehead atoms. The van der Waals surface area contributed by atoms with Crippen LogP contribution in [0.25, 0.3) is 0 Å². The Hall–Kier alpha value is -2.40. The lowest BCUT2D eigenvalue weighted by Gasteiger charge is -2.33. The van der Waals surface area contributed by atoms with Gasteiger partial charge in [0.2, 0.25) is 0 Å². The minimum absolute atomic E-state index is 0.0111. The zero-order chi connectivity index (χ0) is 27.4. The molecule has 3 aliphatic rings. The number of sulfonamides is 1. The van der Waals surface area contributed by atoms with Crippen LogP contribution in [0.1, 0.15) is 43.2 Å². The second-order valence-electron chi connectivity index (χ2n) is 11.2. The maximum atomic E-state index is 15.6. The Balaban J connectivity index is 1.27. The number of benzene rings is 2. The molecule has 3 aromatic rings. The first-order valence-electron chi connectivity index (χ1n) is 13.2. The first-order chi connectivity index (χ1) is 18.6. The summed E-state index contributed by atoms with van der Waals surface area (Å²) >= 11 is 7.77. The highest BCUT2D eigenvalue weighted by atomic mass is 35.5. The molecular formula is C28H32ClFN4O3S2. The molecule has 6 rings (SSSR count). The molecule has 1 saturated carbocycles. The minimum Gasteiger partial charge on any atom is -0.497 e. The van der Waals surface area contributed by atoms with Gasteiger partial charge in [0.05, 0.1) is 24.4 Å². The van der Waals surface area contributed by atoms with Crippen molar-refractivity contribution in [2.45, 2.75) is 56.0 Å². The molecule has 0 radical (unpaired) electrons. The van der Waals surface area contributed by atoms with Crippen molar-refractivity contribution in [1.29, 1.82) is 0 Å². The van der Waals surface area contributed by atoms with Gasteiger partial charge in [-0.15, -0.1) is 11.3 Å². The lowest BCUT2D eigenvalue weighted by Crippen LogP contribution is -2.44. The number of aryl methyl sites for hydroxylation is 1. The fraction of sp³-hybridized carbons (Fsp3) is 0.464. The average Bonchev–Trinajstić information content (AvgIpc) is 3.21. The Bertz CT molecular complexity index is 1500. The minimum atomic E-state index is -4.32. The van der Waals surface area contributed by atoms with E-state index in [4.69, 9.17) is 16.3 Å². The summed E-state index contributed by atoms with van der Waals surface area (Å²) in [5, 5.41) is 5.49. The number of halogens is 2. The number of hydrogen-bond acceptors (Lipinski definition) is 7. The van der Waals surface area contributed by atoms with Gasteiger partial charge in [-0.1, -0.05) is 17.7 Å². The standard InChI is InChI=1S/C28H32ClFN4O3S2/c1-19-12-21(37-2)5-4-20(19)15-34(26-31-9-11-38-26)39(35,36)25-13-22(29)24(14-23(25)30)32-17-28-6-3-10-33(28)18-27(16-28)7-8-27/h4-5,9,11-14,32H,3,6-8,10,15-18H2,1-2H3. The van der Waals surface area contributed by atoms with Gasteiger partial charge in [-0.3, -0.25) is 4.90 Å². The Kier molecular flexibility index (Phi) is 6.81. The second-order valence-corrected chi connectivity index (χ2v) is 14.3. The van der Waals surface area contributed by atoms with E-state index in [0.29, 0.717) is 23.4 Å². The van der Waals surface area contributed by atoms with Crippen molar-refractivity contribution in [2.75, 3.05) is 36.4 Å². The van der Waals surface area contributed by atoms with Crippen LogP contribution in [-0.4, -0.2) is 50.6 Å². The fourth-order valence-electron chi connectivity index (χ4n) is 6.34. The molecule has 208 valence electrons. The number of ether oxygens (including phenoxy) is 1. The normalized spacial score (nSPS) is 21.7. The number of rotatable bonds is 9. The largest absolute Gasteiger partial charge is 0.497 e. The van der Waals surface area contributed by atoms with Crippen LogP contribution >= 0.6 is 22.9 Å². The molecule has 1 N–H and O–H groups in total. The summed E-state index contributed by atoms with van der Waals surface area (Å²) in [4.78, 5) is 6.34. The Morgan fingerprint density at radius 2 is 2.08 bits per heavy atom. The van der Waals surface area contributed by atoms with Crippen molar-refractivity contribution in [2.24, 2.45) is 5.41 Å². The van der Waals surface area contributed by atoms with E-state index in [1.54, 1.807) is 24.6 Å². The average molecular weight is 591 g/mol. The molecule has 1 aromatic heterocycles. The quantitative estimate of drug-likeness (QED) is 0.326. The van der Waals surface area contributed by atoms with Crippen LogP contribution in [0.3, 0.4) is 0 Å². The van der Waals surface area contributed by atoms with E-state index in [0.717, 1.165) is 47.8 Å². The number of methoxy groups -OCH3 is 1. The smallest absolute Gasteiger partial charge is 0.269 e. The van der Waals surface area contributed by atoms with Gasteiger partial charge < -0.3 is 10.1 Å². The monoisotopic (exact) mass is 590 g/mol. The molecule has 7 nitrogen and oxygen atoms in total. The SMILES string of the molecule is COc1ccc(CN(c2nccs2)S(=O)(=O)c2cc(Cl)c(NCC34CCCN3CC3(CC3)C4)cc2F)c(C)c1. The predicted octanol–water partition coefficient (Wildman–Crippen LogP) is 6.08. The van der Waals surface area contributed by atoms with Gasteiger partial charge in [0.15, 0.2) is 5.13 Å². The summed E-state index contributed by atoms with van der Waals surface area (Å²) in [5.74, 6) is -0.174. The molecule has 0 amide bonds. The van der Waals surface area contributed by atoms with Gasteiger partial charge in [0, 0.05) is 30.2 Å². The number of anilines is 2. The van der Waals surface area contributed by atoms with Crippen molar-refractivity contribution in [1.82, 2.24) is 9.88 Å². The fourth-order valence-corrected chi connectivity index (χ4v) is 8.97. The number of nitrogens with one attached hydrogen (secondary N) is 1. The molecule has 1 atom stereocenters. The molecule has 2 aromatic carbocycles. The molecule has 3 heterocycles. The lowest BCUT2D eigenvalue weighted by molar-refractivity contribution is 0.209. The Labute approximate surface area is 238 Å². The van der Waals surface area contributed by atoms with Crippen molar-refractivity contribution in [3.63, 3.8) is 0 Å². The molecule has 1 spiro atoms. The highest BCUT2D eigenvalue weighted by molar-refractivity contribution is 7.93. The summed E-state index contributed by atoms with van der Waals surface area (Å²) in [5.41, 5.74) is 2.56. The van der Waals surface area contributed by atoms with Gasteiger partial charge >= 0.3 is 0 Å². The number of fused-ring (bicyclic) bond motifs is 1. The molecule has 2 saturated heterocycles. The summed E-state index contributed by atoms with van der Waals surface area (Å²) < 4.78 is 49.8.